The molecule has 66 valence electrons. The van der Waals surface area contributed by atoms with Crippen molar-refractivity contribution in [2.75, 3.05) is 5.88 Å². The van der Waals surface area contributed by atoms with Crippen molar-refractivity contribution in [1.82, 2.24) is 14.9 Å². The molecule has 4 nitrogen and oxygen atoms in total. The molecular formula is C6H8ClN3OS. The van der Waals surface area contributed by atoms with E-state index in [-0.39, 0.29) is 11.8 Å². The van der Waals surface area contributed by atoms with Gasteiger partial charge in [-0.25, -0.2) is 0 Å². The average Bonchev–Trinajstić information content (AvgIpc) is 2.47. The number of rotatable bonds is 3. The Morgan fingerprint density at radius 3 is 3.00 bits per heavy atom. The highest BCUT2D eigenvalue weighted by molar-refractivity contribution is 7.05. The second-order valence-electron chi connectivity index (χ2n) is 2.19. The van der Waals surface area contributed by atoms with Gasteiger partial charge in [-0.05, 0) is 18.5 Å². The first kappa shape index (κ1) is 9.41. The molecule has 0 aromatic carbocycles. The molecule has 0 fully saturated rings. The fraction of sp³-hybridized carbons (Fsp3) is 0.500. The second kappa shape index (κ2) is 4.37. The van der Waals surface area contributed by atoms with E-state index in [9.17, 15) is 4.79 Å². The molecule has 0 aliphatic rings. The molecule has 1 rings (SSSR count). The predicted octanol–water partition coefficient (Wildman–Crippen LogP) is 0.702. The number of aromatic nitrogens is 2. The number of aryl methyl sites for hydroxylation is 1. The molecule has 0 saturated carbocycles. The number of carbonyl (C=O) groups is 1. The molecule has 0 atom stereocenters. The topological polar surface area (TPSA) is 54.9 Å². The number of hydrogen-bond acceptors (Lipinski definition) is 4. The van der Waals surface area contributed by atoms with E-state index in [1.807, 2.05) is 6.92 Å². The van der Waals surface area contributed by atoms with E-state index >= 15 is 0 Å². The summed E-state index contributed by atoms with van der Waals surface area (Å²) in [5.74, 6) is -0.185. The lowest BCUT2D eigenvalue weighted by atomic mass is 10.4. The normalized spacial score (nSPS) is 9.83. The van der Waals surface area contributed by atoms with Crippen molar-refractivity contribution >= 4 is 29.0 Å². The smallest absolute Gasteiger partial charge is 0.235 e. The Labute approximate surface area is 79.1 Å². The van der Waals surface area contributed by atoms with E-state index in [2.05, 4.69) is 14.9 Å². The Morgan fingerprint density at radius 2 is 2.50 bits per heavy atom. The molecule has 0 bridgehead atoms. The van der Waals surface area contributed by atoms with Gasteiger partial charge in [0.2, 0.25) is 5.91 Å². The minimum absolute atomic E-state index is 0.00865. The van der Waals surface area contributed by atoms with Gasteiger partial charge in [0.05, 0.1) is 17.1 Å². The van der Waals surface area contributed by atoms with Crippen LogP contribution in [-0.2, 0) is 11.3 Å². The van der Waals surface area contributed by atoms with Crippen LogP contribution in [0.5, 0.6) is 0 Å². The van der Waals surface area contributed by atoms with Gasteiger partial charge in [-0.3, -0.25) is 4.79 Å². The molecule has 0 spiro atoms. The third-order valence-electron chi connectivity index (χ3n) is 1.31. The van der Waals surface area contributed by atoms with Gasteiger partial charge in [-0.1, -0.05) is 4.49 Å². The van der Waals surface area contributed by atoms with Crippen molar-refractivity contribution in [3.63, 3.8) is 0 Å². The summed E-state index contributed by atoms with van der Waals surface area (Å²) < 4.78 is 3.73. The van der Waals surface area contributed by atoms with Crippen LogP contribution in [0.15, 0.2) is 0 Å². The van der Waals surface area contributed by atoms with E-state index in [1.54, 1.807) is 0 Å². The van der Waals surface area contributed by atoms with Gasteiger partial charge in [-0.15, -0.1) is 16.7 Å². The van der Waals surface area contributed by atoms with Crippen LogP contribution in [0, 0.1) is 6.92 Å². The Balaban J connectivity index is 2.43. The third-order valence-corrected chi connectivity index (χ3v) is 2.38. The highest BCUT2D eigenvalue weighted by Crippen LogP contribution is 2.07. The number of alkyl halides is 1. The molecule has 1 aromatic heterocycles. The Hall–Kier alpha value is -0.680. The quantitative estimate of drug-likeness (QED) is 0.740. The third kappa shape index (κ3) is 2.42. The van der Waals surface area contributed by atoms with E-state index in [0.29, 0.717) is 6.54 Å². The lowest BCUT2D eigenvalue weighted by Gasteiger charge is -1.98. The minimum Gasteiger partial charge on any atom is -0.350 e. The molecule has 0 saturated heterocycles. The Morgan fingerprint density at radius 1 is 1.75 bits per heavy atom. The lowest BCUT2D eigenvalue weighted by molar-refractivity contribution is -0.118. The van der Waals surface area contributed by atoms with Crippen LogP contribution >= 0.6 is 23.1 Å². The number of nitrogens with one attached hydrogen (secondary N) is 1. The lowest BCUT2D eigenvalue weighted by Crippen LogP contribution is -2.23. The summed E-state index contributed by atoms with van der Waals surface area (Å²) >= 11 is 6.58. The van der Waals surface area contributed by atoms with Crippen LogP contribution in [0.3, 0.4) is 0 Å². The molecule has 1 aromatic rings. The average molecular weight is 206 g/mol. The zero-order valence-corrected chi connectivity index (χ0v) is 8.08. The number of hydrogen-bond donors (Lipinski definition) is 1. The first-order valence-electron chi connectivity index (χ1n) is 3.34. The largest absolute Gasteiger partial charge is 0.350 e. The molecule has 1 amide bonds. The van der Waals surface area contributed by atoms with Crippen LogP contribution in [0.2, 0.25) is 0 Å². The second-order valence-corrected chi connectivity index (χ2v) is 3.30. The van der Waals surface area contributed by atoms with Crippen molar-refractivity contribution in [2.24, 2.45) is 0 Å². The van der Waals surface area contributed by atoms with E-state index in [4.69, 9.17) is 11.6 Å². The highest BCUT2D eigenvalue weighted by Gasteiger charge is 2.04. The summed E-state index contributed by atoms with van der Waals surface area (Å²) in [7, 11) is 0. The standard InChI is InChI=1S/C6H8ClN3OS/c1-4-5(12-10-9-4)3-8-6(11)2-7/h2-3H2,1H3,(H,8,11). The van der Waals surface area contributed by atoms with E-state index < -0.39 is 0 Å². The summed E-state index contributed by atoms with van der Waals surface area (Å²) in [5.41, 5.74) is 0.856. The monoisotopic (exact) mass is 205 g/mol. The molecule has 0 unspecified atom stereocenters. The Kier molecular flexibility index (Phi) is 3.43. The summed E-state index contributed by atoms with van der Waals surface area (Å²) in [6.07, 6.45) is 0. The minimum atomic E-state index is -0.176. The maximum absolute atomic E-state index is 10.7. The van der Waals surface area contributed by atoms with Gasteiger partial charge >= 0.3 is 0 Å². The fourth-order valence-electron chi connectivity index (χ4n) is 0.639. The van der Waals surface area contributed by atoms with E-state index in [1.165, 1.54) is 11.5 Å². The van der Waals surface area contributed by atoms with Crippen molar-refractivity contribution in [2.45, 2.75) is 13.5 Å². The zero-order chi connectivity index (χ0) is 8.97. The summed E-state index contributed by atoms with van der Waals surface area (Å²) in [6.45, 7) is 2.32. The van der Waals surface area contributed by atoms with Crippen molar-refractivity contribution in [3.8, 4) is 0 Å². The highest BCUT2D eigenvalue weighted by atomic mass is 35.5. The van der Waals surface area contributed by atoms with E-state index in [0.717, 1.165) is 10.6 Å². The molecule has 1 heterocycles. The number of amides is 1. The number of halogens is 1. The maximum atomic E-state index is 10.7. The van der Waals surface area contributed by atoms with Crippen molar-refractivity contribution in [1.29, 1.82) is 0 Å². The van der Waals surface area contributed by atoms with Crippen LogP contribution in [0.25, 0.3) is 0 Å². The molecule has 0 aliphatic heterocycles. The van der Waals surface area contributed by atoms with Crippen LogP contribution in [0.4, 0.5) is 0 Å². The fourth-order valence-corrected chi connectivity index (χ4v) is 1.31. The summed E-state index contributed by atoms with van der Waals surface area (Å²) in [6, 6.07) is 0. The van der Waals surface area contributed by atoms with Crippen LogP contribution in [0.1, 0.15) is 10.6 Å². The molecule has 12 heavy (non-hydrogen) atoms. The molecule has 6 heteroatoms. The van der Waals surface area contributed by atoms with Gasteiger partial charge in [0, 0.05) is 0 Å². The Bertz CT molecular complexity index is 276. The van der Waals surface area contributed by atoms with Gasteiger partial charge < -0.3 is 5.32 Å². The van der Waals surface area contributed by atoms with Gasteiger partial charge in [0.25, 0.3) is 0 Å². The summed E-state index contributed by atoms with van der Waals surface area (Å²) in [4.78, 5) is 11.7. The van der Waals surface area contributed by atoms with Crippen molar-refractivity contribution in [3.05, 3.63) is 10.6 Å². The van der Waals surface area contributed by atoms with Crippen LogP contribution < -0.4 is 5.32 Å². The maximum Gasteiger partial charge on any atom is 0.235 e. The number of nitrogens with zero attached hydrogens (tertiary/aromatic N) is 2. The predicted molar refractivity (Wildman–Crippen MR) is 47.2 cm³/mol. The molecular weight excluding hydrogens is 198 g/mol. The SMILES string of the molecule is Cc1nnsc1CNC(=O)CCl. The molecule has 1 N–H and O–H groups in total. The van der Waals surface area contributed by atoms with Gasteiger partial charge in [-0.2, -0.15) is 0 Å². The first-order chi connectivity index (χ1) is 5.74. The molecule has 0 aliphatic carbocycles. The van der Waals surface area contributed by atoms with Crippen molar-refractivity contribution < 1.29 is 4.79 Å². The molecule has 0 radical (unpaired) electrons. The first-order valence-corrected chi connectivity index (χ1v) is 4.65. The van der Waals surface area contributed by atoms with Crippen LogP contribution in [-0.4, -0.2) is 21.4 Å². The zero-order valence-electron chi connectivity index (χ0n) is 6.50. The van der Waals surface area contributed by atoms with Gasteiger partial charge in [0.15, 0.2) is 0 Å². The number of carbonyl (C=O) groups excluding carboxylic acids is 1. The van der Waals surface area contributed by atoms with Gasteiger partial charge in [0.1, 0.15) is 5.88 Å². The summed E-state index contributed by atoms with van der Waals surface area (Å²) in [5, 5.41) is 6.44.